The molecule has 0 aliphatic carbocycles. The third kappa shape index (κ3) is 4.87. The molecule has 0 bridgehead atoms. The molecule has 7 heteroatoms. The van der Waals surface area contributed by atoms with Crippen LogP contribution in [-0.4, -0.2) is 50.1 Å². The van der Waals surface area contributed by atoms with E-state index in [1.54, 1.807) is 24.5 Å². The fourth-order valence-corrected chi connectivity index (χ4v) is 4.18. The van der Waals surface area contributed by atoms with Gasteiger partial charge >= 0.3 is 0 Å². The summed E-state index contributed by atoms with van der Waals surface area (Å²) in [6.45, 7) is 1.85. The summed E-state index contributed by atoms with van der Waals surface area (Å²) >= 11 is 1.69. The third-order valence-electron chi connectivity index (χ3n) is 4.64. The summed E-state index contributed by atoms with van der Waals surface area (Å²) in [7, 11) is 1.59. The number of para-hydroxylation sites is 1. The lowest BCUT2D eigenvalue weighted by atomic mass is 10.1. The molecule has 2 N–H and O–H groups in total. The minimum Gasteiger partial charge on any atom is -0.383 e. The normalized spacial score (nSPS) is 16.3. The minimum absolute atomic E-state index is 0.0560. The molecule has 0 radical (unpaired) electrons. The smallest absolute Gasteiger partial charge is 0.253 e. The SMILES string of the molecule is COCCNC(=O)c1ccccc1NCC(=O)N1CCCC1c1cccs1. The van der Waals surface area contributed by atoms with Crippen molar-refractivity contribution in [2.24, 2.45) is 0 Å². The quantitative estimate of drug-likeness (QED) is 0.684. The van der Waals surface area contributed by atoms with Gasteiger partial charge in [-0.25, -0.2) is 0 Å². The molecule has 1 aromatic heterocycles. The summed E-state index contributed by atoms with van der Waals surface area (Å²) in [5.74, 6) is -0.124. The third-order valence-corrected chi connectivity index (χ3v) is 5.61. The van der Waals surface area contributed by atoms with Gasteiger partial charge in [-0.15, -0.1) is 11.3 Å². The summed E-state index contributed by atoms with van der Waals surface area (Å²) in [6.07, 6.45) is 2.03. The summed E-state index contributed by atoms with van der Waals surface area (Å²) in [6, 6.07) is 11.5. The maximum atomic E-state index is 12.8. The van der Waals surface area contributed by atoms with Crippen LogP contribution in [0.15, 0.2) is 41.8 Å². The van der Waals surface area contributed by atoms with Gasteiger partial charge in [-0.05, 0) is 36.4 Å². The molecule has 1 fully saturated rings. The van der Waals surface area contributed by atoms with Crippen LogP contribution in [-0.2, 0) is 9.53 Å². The lowest BCUT2D eigenvalue weighted by Crippen LogP contribution is -2.35. The van der Waals surface area contributed by atoms with Gasteiger partial charge in [0, 0.05) is 30.8 Å². The highest BCUT2D eigenvalue weighted by atomic mass is 32.1. The fraction of sp³-hybridized carbons (Fsp3) is 0.400. The number of hydrogen-bond acceptors (Lipinski definition) is 5. The van der Waals surface area contributed by atoms with E-state index in [0.717, 1.165) is 19.4 Å². The largest absolute Gasteiger partial charge is 0.383 e. The average Bonchev–Trinajstić information content (AvgIpc) is 3.37. The number of methoxy groups -OCH3 is 1. The Bertz CT molecular complexity index is 764. The highest BCUT2D eigenvalue weighted by Gasteiger charge is 2.30. The number of nitrogens with zero attached hydrogens (tertiary/aromatic N) is 1. The number of rotatable bonds is 8. The van der Waals surface area contributed by atoms with Crippen LogP contribution < -0.4 is 10.6 Å². The maximum absolute atomic E-state index is 12.8. The molecule has 1 aromatic carbocycles. The second kappa shape index (κ2) is 9.53. The number of carbonyl (C=O) groups is 2. The molecule has 6 nitrogen and oxygen atoms in total. The Labute approximate surface area is 163 Å². The number of nitrogens with one attached hydrogen (secondary N) is 2. The average molecular weight is 388 g/mol. The Balaban J connectivity index is 1.61. The number of carbonyl (C=O) groups excluding carboxylic acids is 2. The molecule has 1 aliphatic rings. The van der Waals surface area contributed by atoms with Gasteiger partial charge in [-0.1, -0.05) is 18.2 Å². The predicted octanol–water partition coefficient (Wildman–Crippen LogP) is 2.90. The molecule has 2 aromatic rings. The lowest BCUT2D eigenvalue weighted by Gasteiger charge is -2.24. The number of amides is 2. The van der Waals surface area contributed by atoms with Gasteiger partial charge in [0.1, 0.15) is 0 Å². The first kappa shape index (κ1) is 19.4. The van der Waals surface area contributed by atoms with Gasteiger partial charge in [0.05, 0.1) is 24.8 Å². The number of anilines is 1. The van der Waals surface area contributed by atoms with Crippen molar-refractivity contribution in [1.82, 2.24) is 10.2 Å². The van der Waals surface area contributed by atoms with Crippen LogP contribution in [0.1, 0.15) is 34.1 Å². The molecule has 144 valence electrons. The first-order valence-corrected chi connectivity index (χ1v) is 10.0. The highest BCUT2D eigenvalue weighted by molar-refractivity contribution is 7.10. The molecule has 3 rings (SSSR count). The van der Waals surface area contributed by atoms with Crippen molar-refractivity contribution in [1.29, 1.82) is 0 Å². The zero-order valence-electron chi connectivity index (χ0n) is 15.4. The number of hydrogen-bond donors (Lipinski definition) is 2. The second-order valence-corrected chi connectivity index (χ2v) is 7.39. The van der Waals surface area contributed by atoms with E-state index in [2.05, 4.69) is 16.7 Å². The number of thiophene rings is 1. The van der Waals surface area contributed by atoms with Crippen LogP contribution in [0.25, 0.3) is 0 Å². The van der Waals surface area contributed by atoms with E-state index in [-0.39, 0.29) is 24.4 Å². The maximum Gasteiger partial charge on any atom is 0.253 e. The van der Waals surface area contributed by atoms with Gasteiger partial charge in [0.2, 0.25) is 5.91 Å². The molecule has 1 saturated heterocycles. The van der Waals surface area contributed by atoms with Crippen LogP contribution in [0.3, 0.4) is 0 Å². The van der Waals surface area contributed by atoms with Crippen molar-refractivity contribution in [2.45, 2.75) is 18.9 Å². The van der Waals surface area contributed by atoms with Crippen molar-refractivity contribution >= 4 is 28.8 Å². The topological polar surface area (TPSA) is 70.7 Å². The zero-order chi connectivity index (χ0) is 19.1. The molecular formula is C20H25N3O3S. The molecular weight excluding hydrogens is 362 g/mol. The van der Waals surface area contributed by atoms with Gasteiger partial charge in [-0.3, -0.25) is 9.59 Å². The molecule has 1 aliphatic heterocycles. The summed E-state index contributed by atoms with van der Waals surface area (Å²) < 4.78 is 4.96. The van der Waals surface area contributed by atoms with Crippen LogP contribution in [0.4, 0.5) is 5.69 Å². The lowest BCUT2D eigenvalue weighted by molar-refractivity contribution is -0.130. The summed E-state index contributed by atoms with van der Waals surface area (Å²) in [5, 5.41) is 8.01. The van der Waals surface area contributed by atoms with E-state index >= 15 is 0 Å². The molecule has 1 unspecified atom stereocenters. The first-order valence-electron chi connectivity index (χ1n) is 9.13. The zero-order valence-corrected chi connectivity index (χ0v) is 16.3. The van der Waals surface area contributed by atoms with E-state index in [1.807, 2.05) is 34.5 Å². The van der Waals surface area contributed by atoms with E-state index in [4.69, 9.17) is 4.74 Å². The summed E-state index contributed by atoms with van der Waals surface area (Å²) in [5.41, 5.74) is 1.19. The van der Waals surface area contributed by atoms with Crippen LogP contribution in [0.2, 0.25) is 0 Å². The van der Waals surface area contributed by atoms with Crippen molar-refractivity contribution in [3.05, 3.63) is 52.2 Å². The molecule has 2 heterocycles. The molecule has 1 atom stereocenters. The Hall–Kier alpha value is -2.38. The van der Waals surface area contributed by atoms with Gasteiger partial charge in [0.25, 0.3) is 5.91 Å². The molecule has 0 spiro atoms. The Morgan fingerprint density at radius 2 is 2.11 bits per heavy atom. The Kier molecular flexibility index (Phi) is 6.84. The van der Waals surface area contributed by atoms with Gasteiger partial charge < -0.3 is 20.3 Å². The monoisotopic (exact) mass is 387 g/mol. The van der Waals surface area contributed by atoms with Crippen LogP contribution >= 0.6 is 11.3 Å². The van der Waals surface area contributed by atoms with Crippen LogP contribution in [0, 0.1) is 0 Å². The van der Waals surface area contributed by atoms with Crippen molar-refractivity contribution in [2.75, 3.05) is 38.7 Å². The fourth-order valence-electron chi connectivity index (χ4n) is 3.31. The van der Waals surface area contributed by atoms with Crippen LogP contribution in [0.5, 0.6) is 0 Å². The Morgan fingerprint density at radius 3 is 2.89 bits per heavy atom. The molecule has 2 amide bonds. The summed E-state index contributed by atoms with van der Waals surface area (Å²) in [4.78, 5) is 28.3. The van der Waals surface area contributed by atoms with Crippen molar-refractivity contribution < 1.29 is 14.3 Å². The molecule has 27 heavy (non-hydrogen) atoms. The van der Waals surface area contributed by atoms with Gasteiger partial charge in [-0.2, -0.15) is 0 Å². The van der Waals surface area contributed by atoms with Crippen molar-refractivity contribution in [3.8, 4) is 0 Å². The van der Waals surface area contributed by atoms with E-state index in [1.165, 1.54) is 4.88 Å². The molecule has 0 saturated carbocycles. The first-order chi connectivity index (χ1) is 13.2. The number of likely N-dealkylation sites (tertiary alicyclic amines) is 1. The minimum atomic E-state index is -0.180. The number of ether oxygens (including phenoxy) is 1. The highest BCUT2D eigenvalue weighted by Crippen LogP contribution is 2.34. The second-order valence-electron chi connectivity index (χ2n) is 6.41. The van der Waals surface area contributed by atoms with Gasteiger partial charge in [0.15, 0.2) is 0 Å². The number of benzene rings is 1. The van der Waals surface area contributed by atoms with E-state index in [0.29, 0.717) is 24.4 Å². The van der Waals surface area contributed by atoms with E-state index in [9.17, 15) is 9.59 Å². The van der Waals surface area contributed by atoms with Crippen molar-refractivity contribution in [3.63, 3.8) is 0 Å². The standard InChI is InChI=1S/C20H25N3O3S/c1-26-12-10-21-20(25)15-6-2-3-7-16(15)22-14-19(24)23-11-4-8-17(23)18-9-5-13-27-18/h2-3,5-7,9,13,17,22H,4,8,10-12,14H2,1H3,(H,21,25). The predicted molar refractivity (Wildman–Crippen MR) is 107 cm³/mol. The Morgan fingerprint density at radius 1 is 1.26 bits per heavy atom. The van der Waals surface area contributed by atoms with E-state index < -0.39 is 0 Å².